The molecule has 0 radical (unpaired) electrons. The standard InChI is InChI=1S/C10H14ClNS/c1-8(12)5-6-13-10-4-2-3-9(11)7-10/h2-4,7-8H,5-6,12H2,1H3. The van der Waals surface area contributed by atoms with Gasteiger partial charge < -0.3 is 5.73 Å². The van der Waals surface area contributed by atoms with Gasteiger partial charge in [-0.1, -0.05) is 17.7 Å². The maximum Gasteiger partial charge on any atom is 0.0417 e. The van der Waals surface area contributed by atoms with E-state index in [0.29, 0.717) is 0 Å². The van der Waals surface area contributed by atoms with Gasteiger partial charge in [0, 0.05) is 16.0 Å². The molecule has 0 aliphatic carbocycles. The van der Waals surface area contributed by atoms with Crippen LogP contribution in [0.3, 0.4) is 0 Å². The molecule has 13 heavy (non-hydrogen) atoms. The minimum absolute atomic E-state index is 0.284. The Labute approximate surface area is 88.7 Å². The third kappa shape index (κ3) is 4.55. The van der Waals surface area contributed by atoms with E-state index in [0.717, 1.165) is 17.2 Å². The number of halogens is 1. The quantitative estimate of drug-likeness (QED) is 0.781. The molecule has 0 aromatic heterocycles. The maximum absolute atomic E-state index is 5.85. The highest BCUT2D eigenvalue weighted by Gasteiger charge is 1.97. The molecule has 0 heterocycles. The van der Waals surface area contributed by atoms with Gasteiger partial charge in [-0.25, -0.2) is 0 Å². The first-order valence-electron chi connectivity index (χ1n) is 4.32. The number of hydrogen-bond donors (Lipinski definition) is 1. The van der Waals surface area contributed by atoms with Crippen LogP contribution in [0.15, 0.2) is 29.2 Å². The summed E-state index contributed by atoms with van der Waals surface area (Å²) < 4.78 is 0. The number of rotatable bonds is 4. The summed E-state index contributed by atoms with van der Waals surface area (Å²) in [6.45, 7) is 2.03. The van der Waals surface area contributed by atoms with Crippen molar-refractivity contribution in [3.63, 3.8) is 0 Å². The first-order valence-corrected chi connectivity index (χ1v) is 5.69. The van der Waals surface area contributed by atoms with E-state index >= 15 is 0 Å². The third-order valence-corrected chi connectivity index (χ3v) is 2.90. The predicted octanol–water partition coefficient (Wildman–Crippen LogP) is 3.17. The van der Waals surface area contributed by atoms with Crippen molar-refractivity contribution in [2.75, 3.05) is 5.75 Å². The second-order valence-corrected chi connectivity index (χ2v) is 4.68. The molecule has 0 saturated carbocycles. The summed E-state index contributed by atoms with van der Waals surface area (Å²) in [5.41, 5.74) is 5.65. The highest BCUT2D eigenvalue weighted by Crippen LogP contribution is 2.22. The highest BCUT2D eigenvalue weighted by atomic mass is 35.5. The van der Waals surface area contributed by atoms with Crippen LogP contribution in [0.1, 0.15) is 13.3 Å². The molecule has 1 nitrogen and oxygen atoms in total. The van der Waals surface area contributed by atoms with Crippen LogP contribution >= 0.6 is 23.4 Å². The Morgan fingerprint density at radius 1 is 1.54 bits per heavy atom. The predicted molar refractivity (Wildman–Crippen MR) is 60.4 cm³/mol. The van der Waals surface area contributed by atoms with E-state index in [1.165, 1.54) is 4.90 Å². The molecule has 1 aromatic carbocycles. The van der Waals surface area contributed by atoms with E-state index in [1.54, 1.807) is 11.8 Å². The summed E-state index contributed by atoms with van der Waals surface area (Å²) in [7, 11) is 0. The second kappa shape index (κ2) is 5.53. The van der Waals surface area contributed by atoms with Gasteiger partial charge >= 0.3 is 0 Å². The lowest BCUT2D eigenvalue weighted by atomic mass is 10.3. The number of thioether (sulfide) groups is 1. The molecular formula is C10H14ClNS. The molecule has 72 valence electrons. The molecule has 2 N–H and O–H groups in total. The molecule has 0 spiro atoms. The normalized spacial score (nSPS) is 12.8. The van der Waals surface area contributed by atoms with E-state index in [4.69, 9.17) is 17.3 Å². The molecule has 0 saturated heterocycles. The van der Waals surface area contributed by atoms with Crippen LogP contribution in [0.4, 0.5) is 0 Å². The summed E-state index contributed by atoms with van der Waals surface area (Å²) in [5.74, 6) is 1.05. The molecule has 1 unspecified atom stereocenters. The Bertz CT molecular complexity index is 263. The molecule has 0 aliphatic rings. The van der Waals surface area contributed by atoms with Gasteiger partial charge in [-0.3, -0.25) is 0 Å². The summed E-state index contributed by atoms with van der Waals surface area (Å²) in [6, 6.07) is 8.19. The minimum atomic E-state index is 0.284. The molecule has 0 aliphatic heterocycles. The fraction of sp³-hybridized carbons (Fsp3) is 0.400. The number of benzene rings is 1. The molecule has 0 bridgehead atoms. The van der Waals surface area contributed by atoms with Crippen molar-refractivity contribution < 1.29 is 0 Å². The van der Waals surface area contributed by atoms with Crippen molar-refractivity contribution in [1.82, 2.24) is 0 Å². The Morgan fingerprint density at radius 2 is 2.31 bits per heavy atom. The average Bonchev–Trinajstić information content (AvgIpc) is 2.03. The number of hydrogen-bond acceptors (Lipinski definition) is 2. The van der Waals surface area contributed by atoms with Crippen molar-refractivity contribution in [2.24, 2.45) is 5.73 Å². The molecule has 0 fully saturated rings. The molecular weight excluding hydrogens is 202 g/mol. The van der Waals surface area contributed by atoms with E-state index in [-0.39, 0.29) is 6.04 Å². The fourth-order valence-corrected chi connectivity index (χ4v) is 2.28. The summed E-state index contributed by atoms with van der Waals surface area (Å²) in [5, 5.41) is 0.797. The molecule has 1 atom stereocenters. The van der Waals surface area contributed by atoms with Gasteiger partial charge in [-0.15, -0.1) is 11.8 Å². The molecule has 1 aromatic rings. The van der Waals surface area contributed by atoms with Crippen molar-refractivity contribution in [2.45, 2.75) is 24.3 Å². The lowest BCUT2D eigenvalue weighted by Gasteiger charge is -2.04. The zero-order valence-corrected chi connectivity index (χ0v) is 9.24. The maximum atomic E-state index is 5.85. The van der Waals surface area contributed by atoms with Crippen LogP contribution < -0.4 is 5.73 Å². The van der Waals surface area contributed by atoms with E-state index in [2.05, 4.69) is 6.07 Å². The second-order valence-electron chi connectivity index (χ2n) is 3.07. The highest BCUT2D eigenvalue weighted by molar-refractivity contribution is 7.99. The van der Waals surface area contributed by atoms with Crippen molar-refractivity contribution in [3.8, 4) is 0 Å². The van der Waals surface area contributed by atoms with Gasteiger partial charge in [-0.05, 0) is 37.3 Å². The number of nitrogens with two attached hydrogens (primary N) is 1. The largest absolute Gasteiger partial charge is 0.328 e. The summed E-state index contributed by atoms with van der Waals surface area (Å²) in [6.07, 6.45) is 1.04. The van der Waals surface area contributed by atoms with Crippen LogP contribution in [0, 0.1) is 0 Å². The smallest absolute Gasteiger partial charge is 0.0417 e. The van der Waals surface area contributed by atoms with E-state index in [9.17, 15) is 0 Å². The Hall–Kier alpha value is -0.180. The van der Waals surface area contributed by atoms with Crippen molar-refractivity contribution >= 4 is 23.4 Å². The van der Waals surface area contributed by atoms with Crippen LogP contribution in [-0.2, 0) is 0 Å². The Morgan fingerprint density at radius 3 is 2.92 bits per heavy atom. The lowest BCUT2D eigenvalue weighted by Crippen LogP contribution is -2.15. The van der Waals surface area contributed by atoms with Gasteiger partial charge in [0.05, 0.1) is 0 Å². The zero-order valence-electron chi connectivity index (χ0n) is 7.66. The fourth-order valence-electron chi connectivity index (χ4n) is 0.919. The Balaban J connectivity index is 2.37. The van der Waals surface area contributed by atoms with Gasteiger partial charge in [-0.2, -0.15) is 0 Å². The van der Waals surface area contributed by atoms with E-state index in [1.807, 2.05) is 25.1 Å². The van der Waals surface area contributed by atoms with Gasteiger partial charge in [0.15, 0.2) is 0 Å². The van der Waals surface area contributed by atoms with Crippen LogP contribution in [0.2, 0.25) is 5.02 Å². The van der Waals surface area contributed by atoms with Crippen LogP contribution in [-0.4, -0.2) is 11.8 Å². The van der Waals surface area contributed by atoms with Gasteiger partial charge in [0.1, 0.15) is 0 Å². The molecule has 0 amide bonds. The lowest BCUT2D eigenvalue weighted by molar-refractivity contribution is 0.721. The van der Waals surface area contributed by atoms with Gasteiger partial charge in [0.2, 0.25) is 0 Å². The summed E-state index contributed by atoms with van der Waals surface area (Å²) in [4.78, 5) is 1.22. The monoisotopic (exact) mass is 215 g/mol. The molecule has 3 heteroatoms. The topological polar surface area (TPSA) is 26.0 Å². The molecule has 1 rings (SSSR count). The minimum Gasteiger partial charge on any atom is -0.328 e. The third-order valence-electron chi connectivity index (χ3n) is 1.64. The summed E-state index contributed by atoms with van der Waals surface area (Å²) >= 11 is 7.65. The Kier molecular flexibility index (Phi) is 4.64. The van der Waals surface area contributed by atoms with Crippen LogP contribution in [0.5, 0.6) is 0 Å². The first-order chi connectivity index (χ1) is 6.18. The van der Waals surface area contributed by atoms with Crippen LogP contribution in [0.25, 0.3) is 0 Å². The zero-order chi connectivity index (χ0) is 9.68. The first kappa shape index (κ1) is 10.9. The van der Waals surface area contributed by atoms with Crippen molar-refractivity contribution in [3.05, 3.63) is 29.3 Å². The van der Waals surface area contributed by atoms with Crippen molar-refractivity contribution in [1.29, 1.82) is 0 Å². The SMILES string of the molecule is CC(N)CCSc1cccc(Cl)c1. The average molecular weight is 216 g/mol. The van der Waals surface area contributed by atoms with E-state index < -0.39 is 0 Å². The van der Waals surface area contributed by atoms with Gasteiger partial charge in [0.25, 0.3) is 0 Å².